The van der Waals surface area contributed by atoms with Gasteiger partial charge < -0.3 is 10.2 Å². The van der Waals surface area contributed by atoms with E-state index in [0.717, 1.165) is 35.7 Å². The summed E-state index contributed by atoms with van der Waals surface area (Å²) in [6, 6.07) is 4.04. The van der Waals surface area contributed by atoms with Gasteiger partial charge in [0.25, 0.3) is 0 Å². The Kier molecular flexibility index (Phi) is 4.29. The first kappa shape index (κ1) is 15.2. The molecule has 22 heavy (non-hydrogen) atoms. The molecule has 0 aromatic carbocycles. The molecule has 1 saturated carbocycles. The highest BCUT2D eigenvalue weighted by Crippen LogP contribution is 2.34. The van der Waals surface area contributed by atoms with Crippen LogP contribution in [0.15, 0.2) is 17.1 Å². The van der Waals surface area contributed by atoms with Crippen LogP contribution in [0.3, 0.4) is 0 Å². The maximum atomic E-state index is 11.8. The highest BCUT2D eigenvalue weighted by atomic mass is 32.1. The molecule has 1 amide bonds. The molecule has 118 valence electrons. The zero-order valence-corrected chi connectivity index (χ0v) is 13.7. The quantitative estimate of drug-likeness (QED) is 0.867. The lowest BCUT2D eigenvalue weighted by Crippen LogP contribution is -2.45. The second kappa shape index (κ2) is 6.20. The van der Waals surface area contributed by atoms with Gasteiger partial charge in [0.15, 0.2) is 5.78 Å². The summed E-state index contributed by atoms with van der Waals surface area (Å²) in [5.74, 6) is 0.832. The van der Waals surface area contributed by atoms with Crippen molar-refractivity contribution in [3.8, 4) is 0 Å². The van der Waals surface area contributed by atoms with Crippen molar-refractivity contribution in [3.05, 3.63) is 17.0 Å². The summed E-state index contributed by atoms with van der Waals surface area (Å²) in [5.41, 5.74) is 0. The average molecular weight is 319 g/mol. The molecule has 0 radical (unpaired) electrons. The van der Waals surface area contributed by atoms with Gasteiger partial charge in [-0.25, -0.2) is 0 Å². The monoisotopic (exact) mass is 319 g/mol. The van der Waals surface area contributed by atoms with Crippen molar-refractivity contribution >= 4 is 34.4 Å². The number of nitrogens with one attached hydrogen (secondary N) is 1. The summed E-state index contributed by atoms with van der Waals surface area (Å²) in [6.07, 6.45) is 4.48. The van der Waals surface area contributed by atoms with Crippen LogP contribution in [-0.4, -0.2) is 37.7 Å². The standard InChI is InChI=1S/C16H21N3O2S/c1-10(20)14-5-6-15(22-14)19(2)8-11-3-4-12-13(7-11)17-9-18-16(12)21/h5-6,9,11-13H,3-4,7-8H2,1-2H3,(H,17,18,21). The predicted octanol–water partition coefficient (Wildman–Crippen LogP) is 2.33. The lowest BCUT2D eigenvalue weighted by Gasteiger charge is -2.36. The van der Waals surface area contributed by atoms with Gasteiger partial charge in [-0.2, -0.15) is 0 Å². The fourth-order valence-electron chi connectivity index (χ4n) is 3.37. The normalized spacial score (nSPS) is 27.2. The van der Waals surface area contributed by atoms with Gasteiger partial charge >= 0.3 is 0 Å². The van der Waals surface area contributed by atoms with Gasteiger partial charge in [-0.3, -0.25) is 14.6 Å². The Morgan fingerprint density at radius 2 is 2.27 bits per heavy atom. The fraction of sp³-hybridized carbons (Fsp3) is 0.562. The molecule has 0 saturated heterocycles. The number of carbonyl (C=O) groups excluding carboxylic acids is 2. The van der Waals surface area contributed by atoms with Crippen molar-refractivity contribution in [1.82, 2.24) is 5.32 Å². The van der Waals surface area contributed by atoms with Crippen molar-refractivity contribution in [3.63, 3.8) is 0 Å². The molecular formula is C16H21N3O2S. The molecule has 5 nitrogen and oxygen atoms in total. The molecule has 3 unspecified atom stereocenters. The smallest absolute Gasteiger partial charge is 0.230 e. The number of thiophene rings is 1. The maximum absolute atomic E-state index is 11.8. The van der Waals surface area contributed by atoms with Crippen LogP contribution in [0.4, 0.5) is 5.00 Å². The SMILES string of the molecule is CC(=O)c1ccc(N(C)CC2CCC3C(=O)NC=NC3C2)s1. The number of fused-ring (bicyclic) bond motifs is 1. The van der Waals surface area contributed by atoms with Gasteiger partial charge in [0.2, 0.25) is 5.91 Å². The number of anilines is 1. The molecule has 0 bridgehead atoms. The highest BCUT2D eigenvalue weighted by molar-refractivity contribution is 7.18. The summed E-state index contributed by atoms with van der Waals surface area (Å²) >= 11 is 1.54. The van der Waals surface area contributed by atoms with Crippen molar-refractivity contribution in [2.45, 2.75) is 32.2 Å². The van der Waals surface area contributed by atoms with E-state index in [9.17, 15) is 9.59 Å². The Morgan fingerprint density at radius 3 is 3.00 bits per heavy atom. The van der Waals surface area contributed by atoms with Gasteiger partial charge in [-0.05, 0) is 44.2 Å². The zero-order valence-electron chi connectivity index (χ0n) is 12.9. The van der Waals surface area contributed by atoms with Crippen molar-refractivity contribution < 1.29 is 9.59 Å². The van der Waals surface area contributed by atoms with Crippen molar-refractivity contribution in [1.29, 1.82) is 0 Å². The molecular weight excluding hydrogens is 298 g/mol. The Bertz CT molecular complexity index is 610. The van der Waals surface area contributed by atoms with E-state index in [1.807, 2.05) is 12.1 Å². The minimum atomic E-state index is 0.0533. The van der Waals surface area contributed by atoms with E-state index in [1.54, 1.807) is 24.6 Å². The summed E-state index contributed by atoms with van der Waals surface area (Å²) in [4.78, 5) is 30.7. The molecule has 1 N–H and O–H groups in total. The number of hydrogen-bond donors (Lipinski definition) is 1. The summed E-state index contributed by atoms with van der Waals surface area (Å²) in [5, 5.41) is 3.83. The Labute approximate surface area is 134 Å². The van der Waals surface area contributed by atoms with Gasteiger partial charge in [-0.1, -0.05) is 0 Å². The van der Waals surface area contributed by atoms with E-state index in [1.165, 1.54) is 0 Å². The average Bonchev–Trinajstić information content (AvgIpc) is 2.97. The molecule has 1 aromatic rings. The van der Waals surface area contributed by atoms with Crippen LogP contribution in [0.25, 0.3) is 0 Å². The number of ketones is 1. The van der Waals surface area contributed by atoms with E-state index >= 15 is 0 Å². The maximum Gasteiger partial charge on any atom is 0.230 e. The molecule has 1 aromatic heterocycles. The Balaban J connectivity index is 1.61. The summed E-state index contributed by atoms with van der Waals surface area (Å²) in [6.45, 7) is 2.54. The zero-order chi connectivity index (χ0) is 15.7. The van der Waals surface area contributed by atoms with Crippen LogP contribution in [0.2, 0.25) is 0 Å². The molecule has 6 heteroatoms. The second-order valence-corrected chi connectivity index (χ2v) is 7.28. The number of hydrogen-bond acceptors (Lipinski definition) is 5. The summed E-state index contributed by atoms with van der Waals surface area (Å²) < 4.78 is 0. The Morgan fingerprint density at radius 1 is 1.45 bits per heavy atom. The first-order chi connectivity index (χ1) is 10.5. The van der Waals surface area contributed by atoms with Crippen LogP contribution in [0.1, 0.15) is 35.9 Å². The molecule has 2 heterocycles. The van der Waals surface area contributed by atoms with Gasteiger partial charge in [0, 0.05) is 13.6 Å². The first-order valence-corrected chi connectivity index (χ1v) is 8.50. The van der Waals surface area contributed by atoms with Crippen LogP contribution in [0, 0.1) is 11.8 Å². The van der Waals surface area contributed by atoms with E-state index in [-0.39, 0.29) is 23.7 Å². The number of rotatable bonds is 4. The van der Waals surface area contributed by atoms with E-state index in [0.29, 0.717) is 5.92 Å². The van der Waals surface area contributed by atoms with E-state index in [2.05, 4.69) is 22.3 Å². The van der Waals surface area contributed by atoms with Crippen LogP contribution < -0.4 is 10.2 Å². The third kappa shape index (κ3) is 3.06. The second-order valence-electron chi connectivity index (χ2n) is 6.21. The molecule has 1 aliphatic carbocycles. The largest absolute Gasteiger partial charge is 0.366 e. The number of aliphatic imine (C=N–C) groups is 1. The number of amides is 1. The number of Topliss-reactive ketones (excluding diaryl/α,β-unsaturated/α-hetero) is 1. The van der Waals surface area contributed by atoms with E-state index < -0.39 is 0 Å². The first-order valence-electron chi connectivity index (χ1n) is 7.68. The summed E-state index contributed by atoms with van der Waals surface area (Å²) in [7, 11) is 2.07. The molecule has 1 fully saturated rings. The van der Waals surface area contributed by atoms with Gasteiger partial charge in [-0.15, -0.1) is 11.3 Å². The lowest BCUT2D eigenvalue weighted by atomic mass is 9.77. The van der Waals surface area contributed by atoms with Crippen molar-refractivity contribution in [2.24, 2.45) is 16.8 Å². The highest BCUT2D eigenvalue weighted by Gasteiger charge is 2.36. The van der Waals surface area contributed by atoms with Crippen molar-refractivity contribution in [2.75, 3.05) is 18.5 Å². The van der Waals surface area contributed by atoms with Crippen LogP contribution in [0.5, 0.6) is 0 Å². The Hall–Kier alpha value is -1.69. The fourth-order valence-corrected chi connectivity index (χ4v) is 4.24. The molecule has 1 aliphatic heterocycles. The molecule has 0 spiro atoms. The third-order valence-electron chi connectivity index (χ3n) is 4.58. The molecule has 3 atom stereocenters. The van der Waals surface area contributed by atoms with Gasteiger partial charge in [0.05, 0.1) is 28.2 Å². The molecule has 3 rings (SSSR count). The minimum absolute atomic E-state index is 0.0533. The van der Waals surface area contributed by atoms with Crippen LogP contribution >= 0.6 is 11.3 Å². The number of carbonyl (C=O) groups is 2. The number of nitrogens with zero attached hydrogens (tertiary/aromatic N) is 2. The molecule has 2 aliphatic rings. The minimum Gasteiger partial charge on any atom is -0.366 e. The van der Waals surface area contributed by atoms with Gasteiger partial charge in [0.1, 0.15) is 0 Å². The predicted molar refractivity (Wildman–Crippen MR) is 88.8 cm³/mol. The third-order valence-corrected chi connectivity index (χ3v) is 5.88. The lowest BCUT2D eigenvalue weighted by molar-refractivity contribution is -0.125. The topological polar surface area (TPSA) is 61.8 Å². The van der Waals surface area contributed by atoms with Crippen LogP contribution in [-0.2, 0) is 4.79 Å². The van der Waals surface area contributed by atoms with E-state index in [4.69, 9.17) is 0 Å².